The van der Waals surface area contributed by atoms with E-state index >= 15 is 0 Å². The van der Waals surface area contributed by atoms with Gasteiger partial charge < -0.3 is 20.4 Å². The highest BCUT2D eigenvalue weighted by Gasteiger charge is 2.26. The van der Waals surface area contributed by atoms with Crippen LogP contribution >= 0.6 is 21.6 Å². The van der Waals surface area contributed by atoms with E-state index in [0.717, 1.165) is 11.5 Å². The molecule has 4 N–H and O–H groups in total. The average molecular weight is 282 g/mol. The van der Waals surface area contributed by atoms with Gasteiger partial charge >= 0.3 is 0 Å². The molecule has 0 saturated carbocycles. The van der Waals surface area contributed by atoms with E-state index in [0.29, 0.717) is 0 Å². The van der Waals surface area contributed by atoms with Gasteiger partial charge in [-0.2, -0.15) is 0 Å². The van der Waals surface area contributed by atoms with Gasteiger partial charge in [-0.25, -0.2) is 0 Å². The lowest BCUT2D eigenvalue weighted by Gasteiger charge is -2.23. The minimum Gasteiger partial charge on any atom is -0.396 e. The van der Waals surface area contributed by atoms with E-state index in [1.54, 1.807) is 21.6 Å². The molecule has 0 spiro atoms. The Morgan fingerprint density at radius 3 is 1.18 bits per heavy atom. The third kappa shape index (κ3) is 10.9. The van der Waals surface area contributed by atoms with E-state index in [1.165, 1.54) is 0 Å². The van der Waals surface area contributed by atoms with Gasteiger partial charge in [-0.1, -0.05) is 33.7 Å². The third-order valence-corrected chi connectivity index (χ3v) is 4.02. The molecule has 0 aromatic rings. The van der Waals surface area contributed by atoms with E-state index in [9.17, 15) is 0 Å². The van der Waals surface area contributed by atoms with E-state index in [2.05, 4.69) is 13.2 Å². The Balaban J connectivity index is 0. The zero-order valence-electron chi connectivity index (χ0n) is 9.92. The van der Waals surface area contributed by atoms with Gasteiger partial charge in [0.05, 0.1) is 31.8 Å². The van der Waals surface area contributed by atoms with Gasteiger partial charge in [0.25, 0.3) is 0 Å². The number of rotatable bonds is 9. The van der Waals surface area contributed by atoms with Crippen LogP contribution in [0.15, 0.2) is 25.3 Å². The Morgan fingerprint density at radius 2 is 1.06 bits per heavy atom. The quantitative estimate of drug-likeness (QED) is 0.283. The minimum absolute atomic E-state index is 0.406. The summed E-state index contributed by atoms with van der Waals surface area (Å²) in [6.07, 6.45) is 3.81. The maximum Gasteiger partial charge on any atom is 0.0627 e. The highest BCUT2D eigenvalue weighted by molar-refractivity contribution is 8.76. The Bertz CT molecular complexity index is 157. The van der Waals surface area contributed by atoms with Crippen molar-refractivity contribution < 1.29 is 20.4 Å². The predicted octanol–water partition coefficient (Wildman–Crippen LogP) is 0.682. The molecular formula is C11H22O4S2. The number of aliphatic hydroxyl groups excluding tert-OH is 4. The van der Waals surface area contributed by atoms with Crippen LogP contribution in [0.1, 0.15) is 0 Å². The first kappa shape index (κ1) is 19.4. The van der Waals surface area contributed by atoms with E-state index in [4.69, 9.17) is 20.4 Å². The SMILES string of the molecule is C=CCSSCC=C.OCC(CO)(CO)CO. The number of aliphatic hydroxyl groups is 4. The third-order valence-electron chi connectivity index (χ3n) is 1.80. The van der Waals surface area contributed by atoms with Gasteiger partial charge in [-0.05, 0) is 0 Å². The normalized spacial score (nSPS) is 10.4. The monoisotopic (exact) mass is 282 g/mol. The van der Waals surface area contributed by atoms with Crippen molar-refractivity contribution in [3.05, 3.63) is 25.3 Å². The summed E-state index contributed by atoms with van der Waals surface area (Å²) < 4.78 is 0. The van der Waals surface area contributed by atoms with Crippen LogP contribution in [0.2, 0.25) is 0 Å². The lowest BCUT2D eigenvalue weighted by molar-refractivity contribution is -0.0328. The first-order chi connectivity index (χ1) is 8.16. The van der Waals surface area contributed by atoms with Crippen LogP contribution in [-0.4, -0.2) is 58.4 Å². The molecule has 0 amide bonds. The van der Waals surface area contributed by atoms with Crippen molar-refractivity contribution in [2.45, 2.75) is 0 Å². The molecule has 102 valence electrons. The topological polar surface area (TPSA) is 80.9 Å². The second-order valence-corrected chi connectivity index (χ2v) is 5.83. The van der Waals surface area contributed by atoms with Crippen LogP contribution in [0.3, 0.4) is 0 Å². The molecule has 0 aliphatic carbocycles. The van der Waals surface area contributed by atoms with Gasteiger partial charge in [-0.15, -0.1) is 13.2 Å². The Labute approximate surface area is 111 Å². The van der Waals surface area contributed by atoms with Crippen LogP contribution in [0.25, 0.3) is 0 Å². The Hall–Kier alpha value is 0.0200. The summed E-state index contributed by atoms with van der Waals surface area (Å²) in [4.78, 5) is 0. The van der Waals surface area contributed by atoms with Crippen molar-refractivity contribution in [2.24, 2.45) is 5.41 Å². The summed E-state index contributed by atoms with van der Waals surface area (Å²) in [5, 5.41) is 34.0. The van der Waals surface area contributed by atoms with Gasteiger partial charge in [0.15, 0.2) is 0 Å². The van der Waals surface area contributed by atoms with Crippen molar-refractivity contribution in [1.29, 1.82) is 0 Å². The predicted molar refractivity (Wildman–Crippen MR) is 76.1 cm³/mol. The molecule has 0 rings (SSSR count). The second-order valence-electron chi connectivity index (χ2n) is 3.28. The summed E-state index contributed by atoms with van der Waals surface area (Å²) in [5.74, 6) is 2.05. The lowest BCUT2D eigenvalue weighted by Crippen LogP contribution is -2.37. The molecule has 0 heterocycles. The van der Waals surface area contributed by atoms with Crippen molar-refractivity contribution >= 4 is 21.6 Å². The second kappa shape index (κ2) is 14.1. The minimum atomic E-state index is -1.11. The maximum atomic E-state index is 8.50. The molecule has 0 atom stereocenters. The molecule has 6 heteroatoms. The van der Waals surface area contributed by atoms with Crippen LogP contribution in [0.5, 0.6) is 0 Å². The Morgan fingerprint density at radius 1 is 0.765 bits per heavy atom. The molecule has 0 bridgehead atoms. The molecule has 0 radical (unpaired) electrons. The van der Waals surface area contributed by atoms with Crippen molar-refractivity contribution in [3.63, 3.8) is 0 Å². The largest absolute Gasteiger partial charge is 0.396 e. The first-order valence-electron chi connectivity index (χ1n) is 5.06. The van der Waals surface area contributed by atoms with Crippen molar-refractivity contribution in [2.75, 3.05) is 37.9 Å². The summed E-state index contributed by atoms with van der Waals surface area (Å²) >= 11 is 0. The molecule has 0 aliphatic heterocycles. The summed E-state index contributed by atoms with van der Waals surface area (Å²) in [6, 6.07) is 0. The summed E-state index contributed by atoms with van der Waals surface area (Å²) in [7, 11) is 3.61. The maximum absolute atomic E-state index is 8.50. The van der Waals surface area contributed by atoms with Crippen LogP contribution in [0.4, 0.5) is 0 Å². The molecule has 0 fully saturated rings. The van der Waals surface area contributed by atoms with E-state index in [-0.39, 0.29) is 0 Å². The first-order valence-corrected chi connectivity index (χ1v) is 7.54. The van der Waals surface area contributed by atoms with Crippen LogP contribution in [0, 0.1) is 5.41 Å². The van der Waals surface area contributed by atoms with Gasteiger partial charge in [0.1, 0.15) is 0 Å². The van der Waals surface area contributed by atoms with Crippen molar-refractivity contribution in [3.8, 4) is 0 Å². The summed E-state index contributed by atoms with van der Waals surface area (Å²) in [6.45, 7) is 5.57. The molecule has 17 heavy (non-hydrogen) atoms. The van der Waals surface area contributed by atoms with E-state index < -0.39 is 31.8 Å². The highest BCUT2D eigenvalue weighted by Crippen LogP contribution is 2.20. The van der Waals surface area contributed by atoms with E-state index in [1.807, 2.05) is 12.2 Å². The van der Waals surface area contributed by atoms with Gasteiger partial charge in [0.2, 0.25) is 0 Å². The average Bonchev–Trinajstić information content (AvgIpc) is 2.39. The molecule has 4 nitrogen and oxygen atoms in total. The molecule has 0 unspecified atom stereocenters. The van der Waals surface area contributed by atoms with Crippen LogP contribution < -0.4 is 0 Å². The zero-order valence-corrected chi connectivity index (χ0v) is 11.5. The Kier molecular flexibility index (Phi) is 16.0. The van der Waals surface area contributed by atoms with Gasteiger partial charge in [0, 0.05) is 11.5 Å². The number of hydrogen-bond donors (Lipinski definition) is 4. The lowest BCUT2D eigenvalue weighted by atomic mass is 9.93. The molecule has 0 saturated heterocycles. The summed E-state index contributed by atoms with van der Waals surface area (Å²) in [5.41, 5.74) is -1.11. The molecular weight excluding hydrogens is 260 g/mol. The van der Waals surface area contributed by atoms with Crippen molar-refractivity contribution in [1.82, 2.24) is 0 Å². The smallest absolute Gasteiger partial charge is 0.0627 e. The molecule has 0 aliphatic rings. The molecule has 0 aromatic carbocycles. The number of hydrogen-bond acceptors (Lipinski definition) is 6. The van der Waals surface area contributed by atoms with Crippen LogP contribution in [-0.2, 0) is 0 Å². The van der Waals surface area contributed by atoms with Gasteiger partial charge in [-0.3, -0.25) is 0 Å². The fourth-order valence-electron chi connectivity index (χ4n) is 0.492. The highest BCUT2D eigenvalue weighted by atomic mass is 33.1. The fraction of sp³-hybridized carbons (Fsp3) is 0.636. The fourth-order valence-corrected chi connectivity index (χ4v) is 2.03. The standard InChI is InChI=1S/C6H10S2.C5H12O4/c1-3-5-7-8-6-4-2;6-1-5(2-7,3-8)4-9/h3-4H,1-2,5-6H2;6-9H,1-4H2. The zero-order chi connectivity index (χ0) is 13.6. The molecule has 0 aromatic heterocycles.